The summed E-state index contributed by atoms with van der Waals surface area (Å²) in [5.74, 6) is -1.05. The molecule has 1 N–H and O–H groups in total. The first-order valence-corrected chi connectivity index (χ1v) is 7.19. The molecule has 18 heavy (non-hydrogen) atoms. The fourth-order valence-corrected chi connectivity index (χ4v) is 4.03. The molecular weight excluding hydrogens is 256 g/mol. The number of hydrogen-bond donors (Lipinski definition) is 1. The molecule has 0 saturated heterocycles. The Balaban J connectivity index is 2.62. The highest BCUT2D eigenvalue weighted by Gasteiger charge is 2.28. The molecular formula is C11H14N2O4S. The lowest BCUT2D eigenvalue weighted by Crippen LogP contribution is -2.17. The highest BCUT2D eigenvalue weighted by Crippen LogP contribution is 2.33. The molecule has 0 radical (unpaired) electrons. The molecule has 0 spiro atoms. The average molecular weight is 270 g/mol. The molecule has 0 aromatic heterocycles. The van der Waals surface area contributed by atoms with Crippen LogP contribution in [0.2, 0.25) is 0 Å². The minimum atomic E-state index is -3.87. The lowest BCUT2D eigenvalue weighted by atomic mass is 10.0. The second-order valence-corrected chi connectivity index (χ2v) is 6.32. The summed E-state index contributed by atoms with van der Waals surface area (Å²) >= 11 is 0. The molecule has 1 aromatic rings. The van der Waals surface area contributed by atoms with E-state index >= 15 is 0 Å². The number of rotatable bonds is 3. The fraction of sp³-hybridized carbons (Fsp3) is 0.455. The molecule has 1 aliphatic heterocycles. The van der Waals surface area contributed by atoms with Crippen LogP contribution >= 0.6 is 0 Å². The highest BCUT2D eigenvalue weighted by atomic mass is 32.2. The first-order chi connectivity index (χ1) is 8.33. The number of anilines is 1. The summed E-state index contributed by atoms with van der Waals surface area (Å²) in [6, 6.07) is 1.75. The van der Waals surface area contributed by atoms with Crippen molar-refractivity contribution in [1.82, 2.24) is 0 Å². The molecule has 0 bridgehead atoms. The summed E-state index contributed by atoms with van der Waals surface area (Å²) in [6.07, 6.45) is 0.752. The van der Waals surface area contributed by atoms with Crippen LogP contribution in [0.25, 0.3) is 0 Å². The van der Waals surface area contributed by atoms with Gasteiger partial charge in [-0.2, -0.15) is 0 Å². The molecule has 7 heteroatoms. The van der Waals surface area contributed by atoms with Gasteiger partial charge in [0.1, 0.15) is 0 Å². The molecule has 0 saturated carbocycles. The SMILES string of the molecule is Cc1cc2c(c(C)c1S(=O)(=O)C[N+](=O)[O-])CCN2. The van der Waals surface area contributed by atoms with Crippen LogP contribution in [0, 0.1) is 24.0 Å². The van der Waals surface area contributed by atoms with E-state index in [-0.39, 0.29) is 4.90 Å². The second-order valence-electron chi connectivity index (χ2n) is 4.43. The fourth-order valence-electron chi connectivity index (χ4n) is 2.49. The molecule has 0 aliphatic carbocycles. The van der Waals surface area contributed by atoms with Crippen molar-refractivity contribution in [2.24, 2.45) is 0 Å². The summed E-state index contributed by atoms with van der Waals surface area (Å²) < 4.78 is 24.0. The number of benzene rings is 1. The van der Waals surface area contributed by atoms with Gasteiger partial charge in [-0.3, -0.25) is 10.1 Å². The van der Waals surface area contributed by atoms with Gasteiger partial charge in [-0.05, 0) is 43.0 Å². The molecule has 98 valence electrons. The standard InChI is InChI=1S/C11H14N2O4S/c1-7-5-10-9(3-4-12-10)8(2)11(7)18(16,17)6-13(14)15/h5,12H,3-4,6H2,1-2H3. The van der Waals surface area contributed by atoms with E-state index < -0.39 is 20.6 Å². The van der Waals surface area contributed by atoms with Crippen molar-refractivity contribution in [2.45, 2.75) is 25.2 Å². The predicted octanol–water partition coefficient (Wildman–Crippen LogP) is 1.28. The van der Waals surface area contributed by atoms with E-state index in [4.69, 9.17) is 0 Å². The molecule has 1 heterocycles. The zero-order chi connectivity index (χ0) is 13.5. The van der Waals surface area contributed by atoms with Gasteiger partial charge in [-0.15, -0.1) is 0 Å². The monoisotopic (exact) mass is 270 g/mol. The third-order valence-corrected chi connectivity index (χ3v) is 4.92. The van der Waals surface area contributed by atoms with Gasteiger partial charge in [0.05, 0.1) is 4.90 Å². The van der Waals surface area contributed by atoms with Crippen molar-refractivity contribution < 1.29 is 13.3 Å². The van der Waals surface area contributed by atoms with Gasteiger partial charge < -0.3 is 5.32 Å². The first kappa shape index (κ1) is 12.8. The van der Waals surface area contributed by atoms with Crippen LogP contribution in [0.1, 0.15) is 16.7 Å². The van der Waals surface area contributed by atoms with Crippen molar-refractivity contribution in [1.29, 1.82) is 0 Å². The van der Waals surface area contributed by atoms with Crippen molar-refractivity contribution >= 4 is 15.5 Å². The van der Waals surface area contributed by atoms with Crippen molar-refractivity contribution in [3.05, 3.63) is 32.9 Å². The first-order valence-electron chi connectivity index (χ1n) is 5.54. The van der Waals surface area contributed by atoms with E-state index in [1.165, 1.54) is 0 Å². The maximum absolute atomic E-state index is 12.0. The zero-order valence-corrected chi connectivity index (χ0v) is 11.0. The van der Waals surface area contributed by atoms with Crippen LogP contribution in [-0.4, -0.2) is 25.8 Å². The number of nitro groups is 1. The Kier molecular flexibility index (Phi) is 3.02. The Morgan fingerprint density at radius 3 is 2.72 bits per heavy atom. The molecule has 0 fully saturated rings. The maximum Gasteiger partial charge on any atom is 0.305 e. The van der Waals surface area contributed by atoms with Crippen molar-refractivity contribution in [3.63, 3.8) is 0 Å². The van der Waals surface area contributed by atoms with Crippen LogP contribution in [0.3, 0.4) is 0 Å². The summed E-state index contributed by atoms with van der Waals surface area (Å²) in [7, 11) is -3.87. The minimum absolute atomic E-state index is 0.113. The van der Waals surface area contributed by atoms with Gasteiger partial charge in [0.2, 0.25) is 9.84 Å². The number of fused-ring (bicyclic) bond motifs is 1. The smallest absolute Gasteiger partial charge is 0.305 e. The largest absolute Gasteiger partial charge is 0.384 e. The van der Waals surface area contributed by atoms with Crippen molar-refractivity contribution in [2.75, 3.05) is 17.7 Å². The van der Waals surface area contributed by atoms with E-state index in [0.29, 0.717) is 11.1 Å². The highest BCUT2D eigenvalue weighted by molar-refractivity contribution is 7.91. The Bertz CT molecular complexity index is 622. The minimum Gasteiger partial charge on any atom is -0.384 e. The number of hydrogen-bond acceptors (Lipinski definition) is 5. The number of nitrogens with zero attached hydrogens (tertiary/aromatic N) is 1. The molecule has 0 atom stereocenters. The number of sulfone groups is 1. The second kappa shape index (κ2) is 4.24. The lowest BCUT2D eigenvalue weighted by molar-refractivity contribution is -0.458. The van der Waals surface area contributed by atoms with Gasteiger partial charge in [-0.25, -0.2) is 8.42 Å². The van der Waals surface area contributed by atoms with E-state index in [2.05, 4.69) is 5.32 Å². The van der Waals surface area contributed by atoms with E-state index in [9.17, 15) is 18.5 Å². The number of nitrogens with one attached hydrogen (secondary N) is 1. The van der Waals surface area contributed by atoms with E-state index in [1.54, 1.807) is 19.9 Å². The molecule has 1 aliphatic rings. The quantitative estimate of drug-likeness (QED) is 0.660. The van der Waals surface area contributed by atoms with Crippen LogP contribution in [0.5, 0.6) is 0 Å². The van der Waals surface area contributed by atoms with Crippen LogP contribution in [-0.2, 0) is 16.3 Å². The van der Waals surface area contributed by atoms with Gasteiger partial charge in [0.15, 0.2) is 0 Å². The normalized spacial score (nSPS) is 14.1. The zero-order valence-electron chi connectivity index (χ0n) is 10.2. The lowest BCUT2D eigenvalue weighted by Gasteiger charge is -2.12. The van der Waals surface area contributed by atoms with Gasteiger partial charge >= 0.3 is 5.88 Å². The third-order valence-electron chi connectivity index (χ3n) is 3.11. The Hall–Kier alpha value is -1.63. The molecule has 2 rings (SSSR count). The summed E-state index contributed by atoms with van der Waals surface area (Å²) in [5.41, 5.74) is 3.08. The van der Waals surface area contributed by atoms with Crippen LogP contribution in [0.15, 0.2) is 11.0 Å². The Morgan fingerprint density at radius 2 is 2.11 bits per heavy atom. The van der Waals surface area contributed by atoms with Crippen LogP contribution < -0.4 is 5.32 Å². The maximum atomic E-state index is 12.0. The predicted molar refractivity (Wildman–Crippen MR) is 67.2 cm³/mol. The third kappa shape index (κ3) is 2.05. The Labute approximate surface area is 105 Å². The number of aryl methyl sites for hydroxylation is 1. The van der Waals surface area contributed by atoms with E-state index in [0.717, 1.165) is 24.2 Å². The molecule has 0 unspecified atom stereocenters. The van der Waals surface area contributed by atoms with E-state index in [1.807, 2.05) is 0 Å². The molecule has 1 aromatic carbocycles. The topological polar surface area (TPSA) is 89.3 Å². The summed E-state index contributed by atoms with van der Waals surface area (Å²) in [4.78, 5) is 9.77. The Morgan fingerprint density at radius 1 is 1.44 bits per heavy atom. The summed E-state index contributed by atoms with van der Waals surface area (Å²) in [6.45, 7) is 4.15. The molecule has 6 nitrogen and oxygen atoms in total. The molecule has 0 amide bonds. The average Bonchev–Trinajstić information content (AvgIpc) is 2.62. The van der Waals surface area contributed by atoms with Gasteiger partial charge in [0, 0.05) is 17.2 Å². The van der Waals surface area contributed by atoms with Gasteiger partial charge in [0.25, 0.3) is 0 Å². The van der Waals surface area contributed by atoms with Crippen molar-refractivity contribution in [3.8, 4) is 0 Å². The van der Waals surface area contributed by atoms with Gasteiger partial charge in [-0.1, -0.05) is 0 Å². The van der Waals surface area contributed by atoms with Crippen LogP contribution in [0.4, 0.5) is 5.69 Å². The summed E-state index contributed by atoms with van der Waals surface area (Å²) in [5, 5.41) is 13.6.